The first kappa shape index (κ1) is 13.5. The standard InChI is InChI=1S/C14H14N4O2/c1-10(19)17-12-6-4-11(5-7-12)9-16-18-14(20)13-3-2-8-15-13/h2-9,15H,1H3,(H,17,19)(H,18,20)/b16-9-. The highest BCUT2D eigenvalue weighted by Gasteiger charge is 2.02. The number of anilines is 1. The van der Waals surface area contributed by atoms with Crippen LogP contribution in [0.1, 0.15) is 23.0 Å². The number of hydrogen-bond acceptors (Lipinski definition) is 3. The molecule has 2 amide bonds. The van der Waals surface area contributed by atoms with Gasteiger partial charge in [0.1, 0.15) is 5.69 Å². The molecule has 1 aromatic carbocycles. The molecule has 0 bridgehead atoms. The van der Waals surface area contributed by atoms with Gasteiger partial charge in [0.15, 0.2) is 0 Å². The maximum Gasteiger partial charge on any atom is 0.287 e. The smallest absolute Gasteiger partial charge is 0.287 e. The molecule has 3 N–H and O–H groups in total. The number of H-pyrrole nitrogens is 1. The lowest BCUT2D eigenvalue weighted by atomic mass is 10.2. The number of nitrogens with zero attached hydrogens (tertiary/aromatic N) is 1. The molecule has 0 aliphatic carbocycles. The van der Waals surface area contributed by atoms with Gasteiger partial charge in [-0.05, 0) is 29.8 Å². The molecule has 6 heteroatoms. The molecule has 0 radical (unpaired) electrons. The van der Waals surface area contributed by atoms with Crippen molar-refractivity contribution in [2.75, 3.05) is 5.32 Å². The Morgan fingerprint density at radius 2 is 1.95 bits per heavy atom. The van der Waals surface area contributed by atoms with Crippen molar-refractivity contribution in [3.05, 3.63) is 53.9 Å². The monoisotopic (exact) mass is 270 g/mol. The van der Waals surface area contributed by atoms with Gasteiger partial charge in [-0.1, -0.05) is 12.1 Å². The Kier molecular flexibility index (Phi) is 4.28. The lowest BCUT2D eigenvalue weighted by molar-refractivity contribution is -0.114. The summed E-state index contributed by atoms with van der Waals surface area (Å²) in [6, 6.07) is 10.5. The number of hydrazone groups is 1. The number of hydrogen-bond donors (Lipinski definition) is 3. The number of carbonyl (C=O) groups excluding carboxylic acids is 2. The van der Waals surface area contributed by atoms with Crippen LogP contribution in [0.5, 0.6) is 0 Å². The van der Waals surface area contributed by atoms with Crippen molar-refractivity contribution in [3.63, 3.8) is 0 Å². The third kappa shape index (κ3) is 3.81. The molecule has 6 nitrogen and oxygen atoms in total. The van der Waals surface area contributed by atoms with Gasteiger partial charge in [0.2, 0.25) is 5.91 Å². The second-order valence-electron chi connectivity index (χ2n) is 4.09. The summed E-state index contributed by atoms with van der Waals surface area (Å²) >= 11 is 0. The summed E-state index contributed by atoms with van der Waals surface area (Å²) in [5, 5.41) is 6.52. The van der Waals surface area contributed by atoms with Gasteiger partial charge in [0.25, 0.3) is 5.91 Å². The summed E-state index contributed by atoms with van der Waals surface area (Å²) in [5.41, 5.74) is 4.38. The molecule has 0 saturated carbocycles. The third-order valence-electron chi connectivity index (χ3n) is 2.45. The van der Waals surface area contributed by atoms with Crippen LogP contribution in [0.4, 0.5) is 5.69 Å². The average Bonchev–Trinajstić information content (AvgIpc) is 2.94. The molecule has 0 aliphatic rings. The van der Waals surface area contributed by atoms with Crippen LogP contribution >= 0.6 is 0 Å². The zero-order valence-electron chi connectivity index (χ0n) is 10.9. The third-order valence-corrected chi connectivity index (χ3v) is 2.45. The first-order valence-electron chi connectivity index (χ1n) is 5.99. The summed E-state index contributed by atoms with van der Waals surface area (Å²) in [5.74, 6) is -0.425. The predicted octanol–water partition coefficient (Wildman–Crippen LogP) is 1.74. The van der Waals surface area contributed by atoms with Crippen molar-refractivity contribution in [1.82, 2.24) is 10.4 Å². The van der Waals surface area contributed by atoms with E-state index in [0.29, 0.717) is 11.4 Å². The average molecular weight is 270 g/mol. The highest BCUT2D eigenvalue weighted by Crippen LogP contribution is 2.07. The number of amides is 2. The quantitative estimate of drug-likeness (QED) is 0.583. The maximum absolute atomic E-state index is 11.6. The zero-order chi connectivity index (χ0) is 14.4. The summed E-state index contributed by atoms with van der Waals surface area (Å²) in [7, 11) is 0. The van der Waals surface area contributed by atoms with Crippen LogP contribution in [-0.4, -0.2) is 23.0 Å². The van der Waals surface area contributed by atoms with Crippen LogP contribution < -0.4 is 10.7 Å². The largest absolute Gasteiger partial charge is 0.357 e. The SMILES string of the molecule is CC(=O)Nc1ccc(/C=N\NC(=O)c2ccc[nH]2)cc1. The molecule has 0 fully saturated rings. The van der Waals surface area contributed by atoms with E-state index in [1.165, 1.54) is 13.1 Å². The number of benzene rings is 1. The first-order valence-corrected chi connectivity index (χ1v) is 5.99. The number of rotatable bonds is 4. The molecule has 0 spiro atoms. The normalized spacial score (nSPS) is 10.4. The lowest BCUT2D eigenvalue weighted by Gasteiger charge is -2.01. The molecule has 0 saturated heterocycles. The van der Waals surface area contributed by atoms with E-state index in [9.17, 15) is 9.59 Å². The van der Waals surface area contributed by atoms with E-state index in [1.54, 1.807) is 42.6 Å². The van der Waals surface area contributed by atoms with Gasteiger partial charge < -0.3 is 10.3 Å². The summed E-state index contributed by atoms with van der Waals surface area (Å²) in [6.45, 7) is 1.45. The van der Waals surface area contributed by atoms with Gasteiger partial charge in [-0.2, -0.15) is 5.10 Å². The van der Waals surface area contributed by atoms with Crippen LogP contribution in [0.25, 0.3) is 0 Å². The Labute approximate surface area is 115 Å². The van der Waals surface area contributed by atoms with E-state index < -0.39 is 0 Å². The van der Waals surface area contributed by atoms with Crippen LogP contribution in [-0.2, 0) is 4.79 Å². The summed E-state index contributed by atoms with van der Waals surface area (Å²) in [6.07, 6.45) is 3.19. The van der Waals surface area contributed by atoms with Gasteiger partial charge in [0.05, 0.1) is 6.21 Å². The first-order chi connectivity index (χ1) is 9.65. The highest BCUT2D eigenvalue weighted by atomic mass is 16.2. The van der Waals surface area contributed by atoms with Crippen molar-refractivity contribution in [2.24, 2.45) is 5.10 Å². The molecular formula is C14H14N4O2. The zero-order valence-corrected chi connectivity index (χ0v) is 10.9. The number of carbonyl (C=O) groups is 2. The topological polar surface area (TPSA) is 86.3 Å². The van der Waals surface area contributed by atoms with Gasteiger partial charge in [0, 0.05) is 18.8 Å². The second-order valence-corrected chi connectivity index (χ2v) is 4.09. The van der Waals surface area contributed by atoms with Crippen molar-refractivity contribution < 1.29 is 9.59 Å². The molecular weight excluding hydrogens is 256 g/mol. The molecule has 102 valence electrons. The van der Waals surface area contributed by atoms with E-state index in [4.69, 9.17) is 0 Å². The highest BCUT2D eigenvalue weighted by molar-refractivity contribution is 5.93. The van der Waals surface area contributed by atoms with Gasteiger partial charge in [-0.15, -0.1) is 0 Å². The number of nitrogens with one attached hydrogen (secondary N) is 3. The fraction of sp³-hybridized carbons (Fsp3) is 0.0714. The Morgan fingerprint density at radius 3 is 2.55 bits per heavy atom. The predicted molar refractivity (Wildman–Crippen MR) is 76.6 cm³/mol. The fourth-order valence-electron chi connectivity index (χ4n) is 1.55. The van der Waals surface area contributed by atoms with Crippen LogP contribution in [0, 0.1) is 0 Å². The Hall–Kier alpha value is -2.89. The van der Waals surface area contributed by atoms with Crippen molar-refractivity contribution in [1.29, 1.82) is 0 Å². The van der Waals surface area contributed by atoms with Crippen LogP contribution in [0.15, 0.2) is 47.7 Å². The fourth-order valence-corrected chi connectivity index (χ4v) is 1.55. The molecule has 2 rings (SSSR count). The van der Waals surface area contributed by atoms with E-state index >= 15 is 0 Å². The van der Waals surface area contributed by atoms with Crippen LogP contribution in [0.2, 0.25) is 0 Å². The van der Waals surface area contributed by atoms with E-state index in [1.807, 2.05) is 0 Å². The molecule has 1 aromatic heterocycles. The van der Waals surface area contributed by atoms with Gasteiger partial charge in [-0.3, -0.25) is 9.59 Å². The number of aromatic nitrogens is 1. The minimum absolute atomic E-state index is 0.121. The minimum Gasteiger partial charge on any atom is -0.357 e. The molecule has 0 unspecified atom stereocenters. The molecule has 1 heterocycles. The molecule has 20 heavy (non-hydrogen) atoms. The van der Waals surface area contributed by atoms with Crippen molar-refractivity contribution >= 4 is 23.7 Å². The molecule has 0 aliphatic heterocycles. The minimum atomic E-state index is -0.305. The number of aromatic amines is 1. The van der Waals surface area contributed by atoms with E-state index in [0.717, 1.165) is 5.56 Å². The van der Waals surface area contributed by atoms with Gasteiger partial charge in [-0.25, -0.2) is 5.43 Å². The summed E-state index contributed by atoms with van der Waals surface area (Å²) in [4.78, 5) is 25.2. The van der Waals surface area contributed by atoms with Gasteiger partial charge >= 0.3 is 0 Å². The Bertz CT molecular complexity index is 615. The molecule has 2 aromatic rings. The van der Waals surface area contributed by atoms with E-state index in [2.05, 4.69) is 20.8 Å². The van der Waals surface area contributed by atoms with Crippen molar-refractivity contribution in [3.8, 4) is 0 Å². The van der Waals surface area contributed by atoms with Crippen LogP contribution in [0.3, 0.4) is 0 Å². The second kappa shape index (κ2) is 6.33. The summed E-state index contributed by atoms with van der Waals surface area (Å²) < 4.78 is 0. The lowest BCUT2D eigenvalue weighted by Crippen LogP contribution is -2.17. The van der Waals surface area contributed by atoms with Crippen molar-refractivity contribution in [2.45, 2.75) is 6.92 Å². The van der Waals surface area contributed by atoms with E-state index in [-0.39, 0.29) is 11.8 Å². The Balaban J connectivity index is 1.91. The maximum atomic E-state index is 11.6. The Morgan fingerprint density at radius 1 is 1.20 bits per heavy atom. The molecule has 0 atom stereocenters.